The van der Waals surface area contributed by atoms with Crippen LogP contribution < -0.4 is 4.90 Å². The third-order valence-corrected chi connectivity index (χ3v) is 4.10. The molecule has 7 heteroatoms. The Kier molecular flexibility index (Phi) is 3.57. The average Bonchev–Trinajstić information content (AvgIpc) is 2.55. The number of piperazine rings is 1. The molecule has 0 saturated carbocycles. The van der Waals surface area contributed by atoms with Crippen molar-refractivity contribution in [3.05, 3.63) is 22.9 Å². The van der Waals surface area contributed by atoms with E-state index >= 15 is 0 Å². The largest absolute Gasteiger partial charge is 0.418 e. The molecule has 0 aromatic carbocycles. The molecule has 0 N–H and O–H groups in total. The van der Waals surface area contributed by atoms with Crippen molar-refractivity contribution >= 4 is 5.82 Å². The van der Waals surface area contributed by atoms with E-state index in [4.69, 9.17) is 4.74 Å². The topological polar surface area (TPSA) is 28.6 Å². The Hall–Kier alpha value is -1.34. The predicted octanol–water partition coefficient (Wildman–Crippen LogP) is 2.06. The summed E-state index contributed by atoms with van der Waals surface area (Å²) in [5, 5.41) is 0. The molecule has 1 atom stereocenters. The molecule has 1 fully saturated rings. The van der Waals surface area contributed by atoms with Crippen LogP contribution in [-0.4, -0.2) is 49.2 Å². The Morgan fingerprint density at radius 2 is 2.10 bits per heavy atom. The van der Waals surface area contributed by atoms with Crippen molar-refractivity contribution in [1.82, 2.24) is 9.88 Å². The first-order valence-corrected chi connectivity index (χ1v) is 6.97. The van der Waals surface area contributed by atoms with E-state index < -0.39 is 11.7 Å². The van der Waals surface area contributed by atoms with Gasteiger partial charge in [-0.25, -0.2) is 4.98 Å². The van der Waals surface area contributed by atoms with Gasteiger partial charge in [0, 0.05) is 25.2 Å². The molecule has 4 nitrogen and oxygen atoms in total. The summed E-state index contributed by atoms with van der Waals surface area (Å²) in [5.41, 5.74) is -0.113. The van der Waals surface area contributed by atoms with Crippen molar-refractivity contribution in [2.75, 3.05) is 38.2 Å². The van der Waals surface area contributed by atoms with E-state index in [1.807, 2.05) is 7.05 Å². The molecule has 0 aliphatic carbocycles. The van der Waals surface area contributed by atoms with Crippen LogP contribution in [0.3, 0.4) is 0 Å². The molecule has 116 valence electrons. The lowest BCUT2D eigenvalue weighted by Gasteiger charge is -2.40. The first-order chi connectivity index (χ1) is 9.86. The molecule has 2 aliphatic heterocycles. The van der Waals surface area contributed by atoms with Crippen LogP contribution in [0, 0.1) is 6.92 Å². The number of halogens is 3. The second kappa shape index (κ2) is 5.14. The first kappa shape index (κ1) is 14.6. The molecule has 1 aromatic heterocycles. The summed E-state index contributed by atoms with van der Waals surface area (Å²) in [6.45, 7) is 4.58. The van der Waals surface area contributed by atoms with Crippen molar-refractivity contribution in [2.45, 2.75) is 25.7 Å². The highest BCUT2D eigenvalue weighted by Crippen LogP contribution is 2.36. The maximum absolute atomic E-state index is 13.0. The van der Waals surface area contributed by atoms with Crippen LogP contribution in [0.2, 0.25) is 0 Å². The Morgan fingerprint density at radius 1 is 1.33 bits per heavy atom. The van der Waals surface area contributed by atoms with Crippen LogP contribution >= 0.6 is 0 Å². The van der Waals surface area contributed by atoms with Crippen LogP contribution in [0.25, 0.3) is 0 Å². The zero-order valence-corrected chi connectivity index (χ0v) is 12.1. The fraction of sp³-hybridized carbons (Fsp3) is 0.643. The van der Waals surface area contributed by atoms with E-state index in [2.05, 4.69) is 14.8 Å². The lowest BCUT2D eigenvalue weighted by molar-refractivity contribution is -0.138. The Morgan fingerprint density at radius 3 is 2.81 bits per heavy atom. The van der Waals surface area contributed by atoms with E-state index in [0.29, 0.717) is 18.0 Å². The summed E-state index contributed by atoms with van der Waals surface area (Å²) in [6.07, 6.45) is -4.38. The molecule has 0 amide bonds. The average molecular weight is 301 g/mol. The number of hydrogen-bond acceptors (Lipinski definition) is 4. The molecular weight excluding hydrogens is 283 g/mol. The number of pyridine rings is 1. The molecule has 3 rings (SSSR count). The SMILES string of the molecule is Cc1nc2c(cc1C(F)(F)F)COCC1CN(C)CCN21. The molecule has 1 unspecified atom stereocenters. The number of anilines is 1. The van der Waals surface area contributed by atoms with Crippen LogP contribution in [0.4, 0.5) is 19.0 Å². The van der Waals surface area contributed by atoms with Crippen molar-refractivity contribution in [2.24, 2.45) is 0 Å². The number of ether oxygens (including phenoxy) is 1. The van der Waals surface area contributed by atoms with Gasteiger partial charge in [0.25, 0.3) is 0 Å². The van der Waals surface area contributed by atoms with E-state index in [1.54, 1.807) is 0 Å². The third kappa shape index (κ3) is 2.72. The molecular formula is C14H18F3N3O. The fourth-order valence-electron chi connectivity index (χ4n) is 3.01. The number of rotatable bonds is 0. The number of likely N-dealkylation sites (N-methyl/N-ethyl adjacent to an activating group) is 1. The smallest absolute Gasteiger partial charge is 0.374 e. The Balaban J connectivity index is 2.03. The van der Waals surface area contributed by atoms with Gasteiger partial charge in [-0.15, -0.1) is 0 Å². The van der Waals surface area contributed by atoms with Gasteiger partial charge in [0.1, 0.15) is 5.82 Å². The van der Waals surface area contributed by atoms with Crippen LogP contribution in [0.1, 0.15) is 16.8 Å². The van der Waals surface area contributed by atoms with Gasteiger partial charge in [-0.2, -0.15) is 13.2 Å². The molecule has 3 heterocycles. The fourth-order valence-corrected chi connectivity index (χ4v) is 3.01. The van der Waals surface area contributed by atoms with Crippen molar-refractivity contribution in [1.29, 1.82) is 0 Å². The van der Waals surface area contributed by atoms with Gasteiger partial charge in [-0.05, 0) is 20.0 Å². The second-order valence-corrected chi connectivity index (χ2v) is 5.73. The monoisotopic (exact) mass is 301 g/mol. The summed E-state index contributed by atoms with van der Waals surface area (Å²) in [6, 6.07) is 1.34. The van der Waals surface area contributed by atoms with Crippen LogP contribution in [0.15, 0.2) is 6.07 Å². The number of hydrogen-bond donors (Lipinski definition) is 0. The molecule has 0 spiro atoms. The number of nitrogens with zero attached hydrogens (tertiary/aromatic N) is 3. The van der Waals surface area contributed by atoms with Gasteiger partial charge < -0.3 is 14.5 Å². The summed E-state index contributed by atoms with van der Waals surface area (Å²) in [5.74, 6) is 0.649. The maximum atomic E-state index is 13.0. The van der Waals surface area contributed by atoms with Crippen molar-refractivity contribution < 1.29 is 17.9 Å². The minimum atomic E-state index is -4.38. The second-order valence-electron chi connectivity index (χ2n) is 5.73. The lowest BCUT2D eigenvalue weighted by atomic mass is 10.1. The van der Waals surface area contributed by atoms with Gasteiger partial charge in [0.2, 0.25) is 0 Å². The quantitative estimate of drug-likeness (QED) is 0.733. The Labute approximate surface area is 121 Å². The molecule has 21 heavy (non-hydrogen) atoms. The highest BCUT2D eigenvalue weighted by molar-refractivity contribution is 5.52. The summed E-state index contributed by atoms with van der Waals surface area (Å²) >= 11 is 0. The van der Waals surface area contributed by atoms with Crippen LogP contribution in [0.5, 0.6) is 0 Å². The van der Waals surface area contributed by atoms with E-state index in [9.17, 15) is 13.2 Å². The van der Waals surface area contributed by atoms with Crippen molar-refractivity contribution in [3.63, 3.8) is 0 Å². The zero-order valence-electron chi connectivity index (χ0n) is 12.1. The van der Waals surface area contributed by atoms with E-state index in [0.717, 1.165) is 19.6 Å². The Bertz CT molecular complexity index is 547. The first-order valence-electron chi connectivity index (χ1n) is 6.97. The van der Waals surface area contributed by atoms with Gasteiger partial charge >= 0.3 is 6.18 Å². The molecule has 2 aliphatic rings. The minimum absolute atomic E-state index is 0.0285. The molecule has 0 bridgehead atoms. The number of fused-ring (bicyclic) bond motifs is 3. The summed E-state index contributed by atoms with van der Waals surface area (Å²) in [4.78, 5) is 8.55. The minimum Gasteiger partial charge on any atom is -0.374 e. The van der Waals surface area contributed by atoms with Gasteiger partial charge in [-0.3, -0.25) is 0 Å². The highest BCUT2D eigenvalue weighted by atomic mass is 19.4. The third-order valence-electron chi connectivity index (χ3n) is 4.10. The summed E-state index contributed by atoms with van der Waals surface area (Å²) in [7, 11) is 2.04. The standard InChI is InChI=1S/C14H18F3N3O/c1-9-12(14(15,16)17)5-10-7-21-8-11-6-19(2)3-4-20(11)13(10)18-9/h5,11H,3-4,6-8H2,1-2H3. The number of aryl methyl sites for hydroxylation is 1. The molecule has 0 radical (unpaired) electrons. The maximum Gasteiger partial charge on any atom is 0.418 e. The highest BCUT2D eigenvalue weighted by Gasteiger charge is 2.36. The van der Waals surface area contributed by atoms with Crippen LogP contribution in [-0.2, 0) is 17.5 Å². The number of alkyl halides is 3. The number of aromatic nitrogens is 1. The lowest BCUT2D eigenvalue weighted by Crippen LogP contribution is -2.53. The molecule has 1 saturated heterocycles. The molecule has 1 aromatic rings. The zero-order chi connectivity index (χ0) is 15.2. The van der Waals surface area contributed by atoms with Gasteiger partial charge in [-0.1, -0.05) is 0 Å². The van der Waals surface area contributed by atoms with E-state index in [-0.39, 0.29) is 18.3 Å². The van der Waals surface area contributed by atoms with Gasteiger partial charge in [0.15, 0.2) is 0 Å². The summed E-state index contributed by atoms with van der Waals surface area (Å²) < 4.78 is 44.6. The normalized spacial score (nSPS) is 23.5. The van der Waals surface area contributed by atoms with Crippen molar-refractivity contribution in [3.8, 4) is 0 Å². The van der Waals surface area contributed by atoms with E-state index in [1.165, 1.54) is 13.0 Å². The predicted molar refractivity (Wildman–Crippen MR) is 72.3 cm³/mol. The van der Waals surface area contributed by atoms with Gasteiger partial charge in [0.05, 0.1) is 30.5 Å².